The van der Waals surface area contributed by atoms with Crippen LogP contribution in [0.4, 0.5) is 10.1 Å². The molecule has 4 saturated heterocycles. The molecule has 2 bridgehead atoms. The van der Waals surface area contributed by atoms with Crippen LogP contribution in [0.5, 0.6) is 0 Å². The Morgan fingerprint density at radius 2 is 1.67 bits per heavy atom. The largest absolute Gasteiger partial charge is 0.369 e. The highest BCUT2D eigenvalue weighted by atomic mass is 32.2. The summed E-state index contributed by atoms with van der Waals surface area (Å²) >= 11 is 0. The highest BCUT2D eigenvalue weighted by Crippen LogP contribution is 2.36. The molecule has 8 heteroatoms. The average Bonchev–Trinajstić information content (AvgIpc) is 2.85. The van der Waals surface area contributed by atoms with Gasteiger partial charge in [0.05, 0.1) is 4.90 Å². The van der Waals surface area contributed by atoms with E-state index in [1.807, 2.05) is 18.2 Å². The molecule has 2 aromatic carbocycles. The van der Waals surface area contributed by atoms with Crippen molar-refractivity contribution < 1.29 is 12.8 Å². The summed E-state index contributed by atoms with van der Waals surface area (Å²) in [6.45, 7) is 7.71. The second-order valence-corrected chi connectivity index (χ2v) is 11.4. The lowest BCUT2D eigenvalue weighted by Crippen LogP contribution is -2.59. The van der Waals surface area contributed by atoms with Gasteiger partial charge in [0.25, 0.3) is 0 Å². The molecule has 1 unspecified atom stereocenters. The zero-order chi connectivity index (χ0) is 22.8. The Kier molecular flexibility index (Phi) is 6.69. The first-order valence-electron chi connectivity index (χ1n) is 12.0. The third-order valence-electron chi connectivity index (χ3n) is 7.63. The number of nitrogens with one attached hydrogen (secondary N) is 1. The van der Waals surface area contributed by atoms with Crippen LogP contribution < -0.4 is 9.62 Å². The fraction of sp³-hybridized carbons (Fsp3) is 0.520. The van der Waals surface area contributed by atoms with Crippen LogP contribution in [0, 0.1) is 17.7 Å². The van der Waals surface area contributed by atoms with E-state index in [0.29, 0.717) is 23.3 Å². The van der Waals surface area contributed by atoms with Crippen molar-refractivity contribution >= 4 is 15.7 Å². The van der Waals surface area contributed by atoms with Crippen LogP contribution in [-0.4, -0.2) is 76.6 Å². The molecule has 0 spiro atoms. The number of nitrogens with zero attached hydrogens (tertiary/aromatic N) is 3. The van der Waals surface area contributed by atoms with Gasteiger partial charge in [-0.1, -0.05) is 18.2 Å². The van der Waals surface area contributed by atoms with Crippen LogP contribution in [0.25, 0.3) is 0 Å². The van der Waals surface area contributed by atoms with E-state index in [9.17, 15) is 12.8 Å². The van der Waals surface area contributed by atoms with Gasteiger partial charge in [0, 0.05) is 57.5 Å². The molecule has 0 aromatic heterocycles. The molecule has 178 valence electrons. The van der Waals surface area contributed by atoms with E-state index in [1.165, 1.54) is 18.6 Å². The van der Waals surface area contributed by atoms with Crippen LogP contribution in [0.1, 0.15) is 12.8 Å². The summed E-state index contributed by atoms with van der Waals surface area (Å²) < 4.78 is 41.2. The number of hydrogen-bond acceptors (Lipinski definition) is 5. The molecule has 4 fully saturated rings. The van der Waals surface area contributed by atoms with Gasteiger partial charge in [-0.2, -0.15) is 0 Å². The molecule has 0 saturated carbocycles. The molecule has 0 aliphatic carbocycles. The summed E-state index contributed by atoms with van der Waals surface area (Å²) in [7, 11) is -3.45. The first-order valence-corrected chi connectivity index (χ1v) is 13.5. The maximum Gasteiger partial charge on any atom is 0.240 e. The maximum absolute atomic E-state index is 13.2. The zero-order valence-corrected chi connectivity index (χ0v) is 19.8. The lowest BCUT2D eigenvalue weighted by atomic mass is 9.75. The highest BCUT2D eigenvalue weighted by Gasteiger charge is 2.41. The first-order chi connectivity index (χ1) is 16.0. The van der Waals surface area contributed by atoms with Crippen molar-refractivity contribution in [2.45, 2.75) is 23.8 Å². The fourth-order valence-corrected chi connectivity index (χ4v) is 6.82. The Balaban J connectivity index is 1.10. The Labute approximate surface area is 196 Å². The number of rotatable bonds is 7. The van der Waals surface area contributed by atoms with E-state index in [1.54, 1.807) is 24.3 Å². The van der Waals surface area contributed by atoms with E-state index in [0.717, 1.165) is 57.9 Å². The maximum atomic E-state index is 13.2. The minimum Gasteiger partial charge on any atom is -0.369 e. The number of piperidine rings is 3. The molecule has 6 nitrogen and oxygen atoms in total. The lowest BCUT2D eigenvalue weighted by Gasteiger charge is -2.51. The normalized spacial score (nSPS) is 28.2. The molecule has 4 aliphatic heterocycles. The number of hydrogen-bond donors (Lipinski definition) is 1. The molecule has 0 radical (unpaired) electrons. The molecule has 4 atom stereocenters. The average molecular weight is 473 g/mol. The fourth-order valence-electron chi connectivity index (χ4n) is 5.73. The van der Waals surface area contributed by atoms with Crippen LogP contribution in [-0.2, 0) is 10.0 Å². The van der Waals surface area contributed by atoms with Crippen molar-refractivity contribution in [3.63, 3.8) is 0 Å². The summed E-state index contributed by atoms with van der Waals surface area (Å²) in [4.78, 5) is 7.73. The van der Waals surface area contributed by atoms with Crippen molar-refractivity contribution in [3.05, 3.63) is 60.4 Å². The van der Waals surface area contributed by atoms with Crippen molar-refractivity contribution in [2.24, 2.45) is 11.8 Å². The van der Waals surface area contributed by atoms with Crippen LogP contribution >= 0.6 is 0 Å². The summed E-state index contributed by atoms with van der Waals surface area (Å²) in [5.41, 5.74) is 1.10. The van der Waals surface area contributed by atoms with Gasteiger partial charge in [-0.05, 0) is 67.6 Å². The monoisotopic (exact) mass is 472 g/mol. The van der Waals surface area contributed by atoms with E-state index in [4.69, 9.17) is 0 Å². The highest BCUT2D eigenvalue weighted by molar-refractivity contribution is 7.89. The molecule has 4 heterocycles. The van der Waals surface area contributed by atoms with Crippen LogP contribution in [0.2, 0.25) is 0 Å². The van der Waals surface area contributed by atoms with Gasteiger partial charge in [-0.3, -0.25) is 9.80 Å². The van der Waals surface area contributed by atoms with Crippen molar-refractivity contribution in [3.8, 4) is 0 Å². The summed E-state index contributed by atoms with van der Waals surface area (Å²) in [5, 5.41) is 0. The van der Waals surface area contributed by atoms with Gasteiger partial charge in [0.2, 0.25) is 10.0 Å². The van der Waals surface area contributed by atoms with Gasteiger partial charge in [-0.25, -0.2) is 17.5 Å². The molecular formula is C25H33FN4O2S. The van der Waals surface area contributed by atoms with E-state index in [2.05, 4.69) is 19.4 Å². The number of anilines is 1. The molecule has 2 aromatic rings. The third-order valence-corrected chi connectivity index (χ3v) is 9.07. The quantitative estimate of drug-likeness (QED) is 0.672. The third kappa shape index (κ3) is 5.24. The van der Waals surface area contributed by atoms with Crippen molar-refractivity contribution in [1.29, 1.82) is 0 Å². The Hall–Kier alpha value is -2.00. The first kappa shape index (κ1) is 22.8. The minimum absolute atomic E-state index is 0.189. The van der Waals surface area contributed by atoms with E-state index >= 15 is 0 Å². The zero-order valence-electron chi connectivity index (χ0n) is 18.9. The van der Waals surface area contributed by atoms with Crippen molar-refractivity contribution in [1.82, 2.24) is 14.5 Å². The van der Waals surface area contributed by atoms with Gasteiger partial charge in [-0.15, -0.1) is 0 Å². The van der Waals surface area contributed by atoms with Gasteiger partial charge >= 0.3 is 0 Å². The molecule has 6 rings (SSSR count). The number of benzene rings is 2. The van der Waals surface area contributed by atoms with Crippen LogP contribution in [0.3, 0.4) is 0 Å². The molecule has 33 heavy (non-hydrogen) atoms. The number of fused-ring (bicyclic) bond motifs is 3. The van der Waals surface area contributed by atoms with E-state index in [-0.39, 0.29) is 11.9 Å². The number of halogens is 1. The Bertz CT molecular complexity index is 1030. The smallest absolute Gasteiger partial charge is 0.240 e. The Morgan fingerprint density at radius 3 is 2.33 bits per heavy atom. The summed E-state index contributed by atoms with van der Waals surface area (Å²) in [6.07, 6.45) is 2.28. The minimum atomic E-state index is -3.45. The second kappa shape index (κ2) is 9.70. The SMILES string of the molecule is O=S(=O)(NC[C@H]1C[C@@H]2CCN1C[C@@H]2CN1CCN(c2ccc(F)cc2)CC1)c1ccccc1. The molecule has 4 aliphatic rings. The lowest BCUT2D eigenvalue weighted by molar-refractivity contribution is -0.0107. The molecular weight excluding hydrogens is 439 g/mol. The second-order valence-electron chi connectivity index (χ2n) is 9.62. The summed E-state index contributed by atoms with van der Waals surface area (Å²) in [5.74, 6) is 1.13. The number of piperazine rings is 1. The predicted octanol–water partition coefficient (Wildman–Crippen LogP) is 2.64. The molecule has 1 N–H and O–H groups in total. The summed E-state index contributed by atoms with van der Waals surface area (Å²) in [6, 6.07) is 15.7. The van der Waals surface area contributed by atoms with Gasteiger partial charge < -0.3 is 4.90 Å². The van der Waals surface area contributed by atoms with Gasteiger partial charge in [0.15, 0.2) is 0 Å². The topological polar surface area (TPSA) is 55.9 Å². The van der Waals surface area contributed by atoms with Crippen LogP contribution in [0.15, 0.2) is 59.5 Å². The van der Waals surface area contributed by atoms with Crippen molar-refractivity contribution in [2.75, 3.05) is 57.3 Å². The number of sulfonamides is 1. The molecule has 0 amide bonds. The predicted molar refractivity (Wildman–Crippen MR) is 128 cm³/mol. The Morgan fingerprint density at radius 1 is 0.939 bits per heavy atom. The van der Waals surface area contributed by atoms with E-state index < -0.39 is 10.0 Å². The van der Waals surface area contributed by atoms with Gasteiger partial charge in [0.1, 0.15) is 5.82 Å². The standard InChI is InChI=1S/C25H33FN4O2S/c26-22-6-8-23(9-7-22)29-14-12-28(13-15-29)18-21-19-30-11-10-20(21)16-24(30)17-27-33(31,32)25-4-2-1-3-5-25/h1-9,20-21,24,27H,10-19H2/t20-,21-,24+/m0/s1.